The molecule has 0 aliphatic rings. The molecule has 0 aromatic rings. The summed E-state index contributed by atoms with van der Waals surface area (Å²) in [6.45, 7) is 0.282. The zero-order chi connectivity index (χ0) is 7.98. The molecule has 0 aliphatic heterocycles. The van der Waals surface area contributed by atoms with E-state index in [9.17, 15) is 13.9 Å². The van der Waals surface area contributed by atoms with E-state index in [0.29, 0.717) is 0 Å². The fourth-order valence-corrected chi connectivity index (χ4v) is 0.375. The maximum absolute atomic E-state index is 12.1. The van der Waals surface area contributed by atoms with Crippen molar-refractivity contribution in [1.29, 1.82) is 0 Å². The molecule has 2 unspecified atom stereocenters. The quantitative estimate of drug-likeness (QED) is 0.588. The van der Waals surface area contributed by atoms with Crippen molar-refractivity contribution in [2.24, 2.45) is 0 Å². The Balaban J connectivity index is 3.17. The largest absolute Gasteiger partial charge is 0.345 e. The monoisotopic (exact) mass is 153 g/mol. The molecule has 0 N–H and O–H groups in total. The fourth-order valence-electron chi connectivity index (χ4n) is 0.375. The van der Waals surface area contributed by atoms with E-state index < -0.39 is 25.7 Å². The van der Waals surface area contributed by atoms with Crippen LogP contribution >= 0.6 is 0 Å². The number of hydrogen-bond donors (Lipinski definition) is 0. The predicted octanol–water partition coefficient (Wildman–Crippen LogP) is 1.48. The van der Waals surface area contributed by atoms with Crippen molar-refractivity contribution in [3.63, 3.8) is 0 Å². The second-order valence-electron chi connectivity index (χ2n) is 1.92. The van der Waals surface area contributed by atoms with Gasteiger partial charge in [0.25, 0.3) is 0 Å². The van der Waals surface area contributed by atoms with Gasteiger partial charge < -0.3 is 4.74 Å². The minimum atomic E-state index is -1.58. The Morgan fingerprint density at radius 1 is 1.50 bits per heavy atom. The van der Waals surface area contributed by atoms with E-state index in [4.69, 9.17) is 0 Å². The van der Waals surface area contributed by atoms with Gasteiger partial charge >= 0.3 is 0 Å². The lowest BCUT2D eigenvalue weighted by molar-refractivity contribution is -0.0702. The summed E-state index contributed by atoms with van der Waals surface area (Å²) in [6, 6.07) is 0. The number of ether oxygens (including phenoxy) is 1. The van der Waals surface area contributed by atoms with Gasteiger partial charge in [-0.3, -0.25) is 0 Å². The third kappa shape index (κ3) is 4.64. The SMILES string of the molecule is CCC(F)OCC(F)C[O]. The Kier molecular flexibility index (Phi) is 5.43. The van der Waals surface area contributed by atoms with Crippen LogP contribution in [0.4, 0.5) is 8.78 Å². The maximum atomic E-state index is 12.1. The van der Waals surface area contributed by atoms with Gasteiger partial charge in [0, 0.05) is 6.42 Å². The summed E-state index contributed by atoms with van der Waals surface area (Å²) in [5, 5.41) is 9.75. The van der Waals surface area contributed by atoms with Crippen LogP contribution in [-0.4, -0.2) is 25.7 Å². The molecular weight excluding hydrogens is 142 g/mol. The zero-order valence-electron chi connectivity index (χ0n) is 5.85. The molecular formula is C6H11F2O2. The second kappa shape index (κ2) is 5.56. The third-order valence-corrected chi connectivity index (χ3v) is 0.960. The Morgan fingerprint density at radius 2 is 2.10 bits per heavy atom. The van der Waals surface area contributed by atoms with E-state index in [0.717, 1.165) is 0 Å². The molecule has 0 saturated carbocycles. The molecule has 4 heteroatoms. The highest BCUT2D eigenvalue weighted by Crippen LogP contribution is 2.01. The molecule has 1 radical (unpaired) electrons. The van der Waals surface area contributed by atoms with Crippen LogP contribution in [0.1, 0.15) is 13.3 Å². The molecule has 2 atom stereocenters. The minimum Gasteiger partial charge on any atom is -0.345 e. The fraction of sp³-hybridized carbons (Fsp3) is 1.00. The van der Waals surface area contributed by atoms with Gasteiger partial charge in [-0.15, -0.1) is 0 Å². The third-order valence-electron chi connectivity index (χ3n) is 0.960. The van der Waals surface area contributed by atoms with Gasteiger partial charge in [-0.2, -0.15) is 0 Å². The molecule has 0 aromatic heterocycles. The number of hydrogen-bond acceptors (Lipinski definition) is 1. The van der Waals surface area contributed by atoms with E-state index in [1.54, 1.807) is 6.92 Å². The van der Waals surface area contributed by atoms with E-state index in [2.05, 4.69) is 4.74 Å². The number of rotatable bonds is 5. The number of alkyl halides is 2. The van der Waals surface area contributed by atoms with Crippen LogP contribution in [-0.2, 0) is 9.84 Å². The van der Waals surface area contributed by atoms with E-state index in [-0.39, 0.29) is 6.42 Å². The topological polar surface area (TPSA) is 29.1 Å². The normalized spacial score (nSPS) is 16.8. The van der Waals surface area contributed by atoms with Crippen molar-refractivity contribution in [2.75, 3.05) is 13.2 Å². The lowest BCUT2D eigenvalue weighted by Crippen LogP contribution is -2.17. The van der Waals surface area contributed by atoms with Gasteiger partial charge in [0.1, 0.15) is 12.8 Å². The molecule has 0 amide bonds. The molecule has 0 spiro atoms. The number of halogens is 2. The summed E-state index contributed by atoms with van der Waals surface area (Å²) in [5.74, 6) is 0. The van der Waals surface area contributed by atoms with Crippen LogP contribution in [0.3, 0.4) is 0 Å². The average Bonchev–Trinajstić information content (AvgIpc) is 1.99. The average molecular weight is 153 g/mol. The Morgan fingerprint density at radius 3 is 2.50 bits per heavy atom. The van der Waals surface area contributed by atoms with E-state index in [1.165, 1.54) is 0 Å². The lowest BCUT2D eigenvalue weighted by atomic mass is 10.4. The first kappa shape index (κ1) is 9.78. The molecule has 61 valence electrons. The highest BCUT2D eigenvalue weighted by Gasteiger charge is 2.09. The first-order valence-electron chi connectivity index (χ1n) is 3.18. The van der Waals surface area contributed by atoms with Crippen molar-refractivity contribution in [2.45, 2.75) is 25.9 Å². The molecule has 2 nitrogen and oxygen atoms in total. The van der Waals surface area contributed by atoms with Gasteiger partial charge in [-0.05, 0) is 0 Å². The summed E-state index contributed by atoms with van der Waals surface area (Å²) >= 11 is 0. The maximum Gasteiger partial charge on any atom is 0.198 e. The van der Waals surface area contributed by atoms with Crippen LogP contribution in [0.5, 0.6) is 0 Å². The smallest absolute Gasteiger partial charge is 0.198 e. The van der Waals surface area contributed by atoms with Crippen molar-refractivity contribution in [1.82, 2.24) is 0 Å². The summed E-state index contributed by atoms with van der Waals surface area (Å²) in [5.41, 5.74) is 0. The van der Waals surface area contributed by atoms with Gasteiger partial charge in [-0.25, -0.2) is 13.9 Å². The Bertz CT molecular complexity index is 70.1. The Hall–Kier alpha value is -0.220. The van der Waals surface area contributed by atoms with Crippen molar-refractivity contribution < 1.29 is 18.6 Å². The highest BCUT2D eigenvalue weighted by atomic mass is 19.1. The molecule has 0 aromatic carbocycles. The molecule has 0 rings (SSSR count). The van der Waals surface area contributed by atoms with Crippen LogP contribution in [0.25, 0.3) is 0 Å². The van der Waals surface area contributed by atoms with Gasteiger partial charge in [-0.1, -0.05) is 6.92 Å². The summed E-state index contributed by atoms with van der Waals surface area (Å²) in [4.78, 5) is 0. The predicted molar refractivity (Wildman–Crippen MR) is 31.6 cm³/mol. The highest BCUT2D eigenvalue weighted by molar-refractivity contribution is 4.50. The standard InChI is InChI=1S/C6H11F2O2/c1-2-6(8)10-4-5(7)3-9/h5-6H,2-4H2,1H3. The molecule has 0 fully saturated rings. The Labute approximate surface area is 58.8 Å². The molecule has 0 saturated heterocycles. The zero-order valence-corrected chi connectivity index (χ0v) is 5.85. The summed E-state index contributed by atoms with van der Waals surface area (Å²) in [7, 11) is 0. The van der Waals surface area contributed by atoms with Crippen LogP contribution in [0, 0.1) is 0 Å². The molecule has 10 heavy (non-hydrogen) atoms. The van der Waals surface area contributed by atoms with E-state index >= 15 is 0 Å². The van der Waals surface area contributed by atoms with Crippen molar-refractivity contribution >= 4 is 0 Å². The van der Waals surface area contributed by atoms with Crippen LogP contribution < -0.4 is 0 Å². The van der Waals surface area contributed by atoms with Crippen molar-refractivity contribution in [3.05, 3.63) is 0 Å². The van der Waals surface area contributed by atoms with Gasteiger partial charge in [0.2, 0.25) is 0 Å². The molecule has 0 aliphatic carbocycles. The lowest BCUT2D eigenvalue weighted by Gasteiger charge is -2.07. The first-order valence-corrected chi connectivity index (χ1v) is 3.18. The molecule has 0 bridgehead atoms. The van der Waals surface area contributed by atoms with E-state index in [1.807, 2.05) is 0 Å². The summed E-state index contributed by atoms with van der Waals surface area (Å²) in [6.07, 6.45) is -2.83. The van der Waals surface area contributed by atoms with Crippen molar-refractivity contribution in [3.8, 4) is 0 Å². The van der Waals surface area contributed by atoms with Crippen LogP contribution in [0.2, 0.25) is 0 Å². The second-order valence-corrected chi connectivity index (χ2v) is 1.92. The summed E-state index contributed by atoms with van der Waals surface area (Å²) < 4.78 is 28.5. The van der Waals surface area contributed by atoms with Gasteiger partial charge in [0.15, 0.2) is 6.36 Å². The van der Waals surface area contributed by atoms with Gasteiger partial charge in [0.05, 0.1) is 6.61 Å². The van der Waals surface area contributed by atoms with Crippen LogP contribution in [0.15, 0.2) is 0 Å². The molecule has 0 heterocycles. The minimum absolute atomic E-state index is 0.186. The first-order chi connectivity index (χ1) is 4.70.